The van der Waals surface area contributed by atoms with Gasteiger partial charge >= 0.3 is 140 Å². The van der Waals surface area contributed by atoms with Crippen LogP contribution in [0.25, 0.3) is 11.0 Å². The van der Waals surface area contributed by atoms with Crippen LogP contribution in [0.15, 0.2) is 41.7 Å². The summed E-state index contributed by atoms with van der Waals surface area (Å²) in [6.07, 6.45) is 5.75. The van der Waals surface area contributed by atoms with E-state index in [1.165, 1.54) is 0 Å². The van der Waals surface area contributed by atoms with Crippen molar-refractivity contribution in [2.75, 3.05) is 11.2 Å². The topological polar surface area (TPSA) is 86.3 Å². The van der Waals surface area contributed by atoms with Gasteiger partial charge in [0.25, 0.3) is 0 Å². The second kappa shape index (κ2) is 9.13. The number of ether oxygens (including phenoxy) is 2. The zero-order chi connectivity index (χ0) is 21.3. The van der Waals surface area contributed by atoms with Gasteiger partial charge < -0.3 is 4.98 Å². The molecule has 166 valence electrons. The zero-order valence-electron chi connectivity index (χ0n) is 17.3. The Kier molecular flexibility index (Phi) is 6.27. The first-order valence-corrected chi connectivity index (χ1v) is 14.2. The van der Waals surface area contributed by atoms with Crippen molar-refractivity contribution in [2.45, 2.75) is 49.3 Å². The van der Waals surface area contributed by atoms with Crippen LogP contribution in [-0.4, -0.2) is 36.2 Å². The standard InChI is InChI=1S/C22H25IN3O4S/c1-15-19(13-31(27)21-25-17-4-2-3-5-18(17)26-21)24-11-8-20(15)28-12-16-6-9-22(10-7-16)29-14-23-30-22/h2-5,8,11,16H,6-7,9-10,12-14H2,1H3,(H,25,26)/q-1. The van der Waals surface area contributed by atoms with Gasteiger partial charge in [-0.25, -0.2) is 4.98 Å². The Bertz CT molecular complexity index is 1060. The summed E-state index contributed by atoms with van der Waals surface area (Å²) in [4.78, 5) is 12.1. The number of aromatic nitrogens is 3. The number of H-pyrrole nitrogens is 1. The van der Waals surface area contributed by atoms with Crippen LogP contribution in [0, 0.1) is 12.8 Å². The van der Waals surface area contributed by atoms with Gasteiger partial charge in [-0.3, -0.25) is 4.21 Å². The molecule has 9 heteroatoms. The zero-order valence-corrected chi connectivity index (χ0v) is 20.3. The van der Waals surface area contributed by atoms with Crippen molar-refractivity contribution in [3.63, 3.8) is 0 Å². The smallest absolute Gasteiger partial charge is 0.331 e. The molecule has 7 nitrogen and oxygen atoms in total. The average Bonchev–Trinajstić information content (AvgIpc) is 3.43. The molecule has 0 radical (unpaired) electrons. The number of pyridine rings is 1. The molecule has 2 aliphatic rings. The van der Waals surface area contributed by atoms with E-state index in [4.69, 9.17) is 12.5 Å². The van der Waals surface area contributed by atoms with Crippen molar-refractivity contribution >= 4 is 21.8 Å². The average molecular weight is 554 g/mol. The second-order valence-corrected chi connectivity index (χ2v) is 11.1. The number of aromatic amines is 1. The first kappa shape index (κ1) is 21.3. The van der Waals surface area contributed by atoms with Crippen LogP contribution in [0.4, 0.5) is 0 Å². The molecular weight excluding hydrogens is 529 g/mol. The van der Waals surface area contributed by atoms with Gasteiger partial charge in [0.1, 0.15) is 0 Å². The van der Waals surface area contributed by atoms with Gasteiger partial charge in [-0.2, -0.15) is 0 Å². The summed E-state index contributed by atoms with van der Waals surface area (Å²) in [5.41, 5.74) is 3.41. The second-order valence-electron chi connectivity index (χ2n) is 8.03. The van der Waals surface area contributed by atoms with Crippen molar-refractivity contribution in [3.05, 3.63) is 47.8 Å². The molecule has 1 aliphatic heterocycles. The predicted molar refractivity (Wildman–Crippen MR) is 112 cm³/mol. The molecule has 1 N–H and O–H groups in total. The van der Waals surface area contributed by atoms with E-state index >= 15 is 0 Å². The molecule has 5 rings (SSSR count). The number of benzene rings is 1. The van der Waals surface area contributed by atoms with E-state index in [1.54, 1.807) is 6.20 Å². The Morgan fingerprint density at radius 2 is 2.13 bits per heavy atom. The molecule has 31 heavy (non-hydrogen) atoms. The predicted octanol–water partition coefficient (Wildman–Crippen LogP) is 0.848. The molecule has 3 heterocycles. The molecule has 1 saturated carbocycles. The van der Waals surface area contributed by atoms with Crippen LogP contribution < -0.4 is 26.4 Å². The van der Waals surface area contributed by atoms with Crippen LogP contribution >= 0.6 is 0 Å². The number of nitrogens with one attached hydrogen (secondary N) is 1. The molecule has 1 spiro atoms. The summed E-state index contributed by atoms with van der Waals surface area (Å²) in [6, 6.07) is 9.58. The summed E-state index contributed by atoms with van der Waals surface area (Å²) in [6.45, 7) is 2.65. The molecule has 1 saturated heterocycles. The Labute approximate surface area is 194 Å². The van der Waals surface area contributed by atoms with Crippen molar-refractivity contribution in [1.82, 2.24) is 15.0 Å². The molecule has 1 aliphatic carbocycles. The number of alkyl halides is 1. The molecule has 0 amide bonds. The van der Waals surface area contributed by atoms with Crippen molar-refractivity contribution in [1.29, 1.82) is 0 Å². The Hall–Kier alpha value is -1.56. The summed E-state index contributed by atoms with van der Waals surface area (Å²) < 4.78 is 31.7. The number of halogens is 1. The van der Waals surface area contributed by atoms with Crippen LogP contribution in [0.3, 0.4) is 0 Å². The summed E-state index contributed by atoms with van der Waals surface area (Å²) in [7, 11) is -1.31. The molecule has 3 aromatic rings. The monoisotopic (exact) mass is 554 g/mol. The minimum absolute atomic E-state index is 0.224. The van der Waals surface area contributed by atoms with E-state index in [2.05, 4.69) is 15.0 Å². The molecule has 0 bridgehead atoms. The van der Waals surface area contributed by atoms with Crippen LogP contribution in [0.2, 0.25) is 0 Å². The molecule has 2 fully saturated rings. The van der Waals surface area contributed by atoms with Gasteiger partial charge in [0, 0.05) is 0 Å². The van der Waals surface area contributed by atoms with Crippen LogP contribution in [0.5, 0.6) is 5.75 Å². The third-order valence-corrected chi connectivity index (χ3v) is 8.85. The van der Waals surface area contributed by atoms with Crippen molar-refractivity contribution in [3.8, 4) is 5.75 Å². The maximum absolute atomic E-state index is 12.9. The first-order chi connectivity index (χ1) is 15.1. The van der Waals surface area contributed by atoms with E-state index in [1.807, 2.05) is 37.3 Å². The number of hydrogen-bond donors (Lipinski definition) is 1. The molecule has 1 aromatic carbocycles. The van der Waals surface area contributed by atoms with Crippen molar-refractivity contribution in [2.24, 2.45) is 5.92 Å². The van der Waals surface area contributed by atoms with E-state index in [-0.39, 0.29) is 27.4 Å². The maximum atomic E-state index is 12.9. The molecule has 1 atom stereocenters. The van der Waals surface area contributed by atoms with Gasteiger partial charge in [0.2, 0.25) is 0 Å². The van der Waals surface area contributed by atoms with E-state index < -0.39 is 10.8 Å². The van der Waals surface area contributed by atoms with Gasteiger partial charge in [-0.05, 0) is 12.1 Å². The van der Waals surface area contributed by atoms with Gasteiger partial charge in [-0.1, -0.05) is 12.1 Å². The Balaban J connectivity index is 1.21. The fraction of sp³-hybridized carbons (Fsp3) is 0.455. The molecular formula is C22H25IN3O4S-. The van der Waals surface area contributed by atoms with E-state index in [0.29, 0.717) is 23.4 Å². The summed E-state index contributed by atoms with van der Waals surface area (Å²) >= 11 is -0.224. The minimum atomic E-state index is -1.31. The van der Waals surface area contributed by atoms with Crippen molar-refractivity contribution < 1.29 is 38.4 Å². The fourth-order valence-corrected chi connectivity index (χ4v) is 7.13. The van der Waals surface area contributed by atoms with Gasteiger partial charge in [0.15, 0.2) is 5.16 Å². The normalized spacial score (nSPS) is 24.9. The summed E-state index contributed by atoms with van der Waals surface area (Å²) in [5, 5.41) is 0.476. The SMILES string of the molecule is Cc1c(OCC2CCC3(CC2)OC[I-]O3)ccnc1CS(=O)c1nc2ccccc2[nH]1. The fourth-order valence-electron chi connectivity index (χ4n) is 4.07. The van der Waals surface area contributed by atoms with Crippen LogP contribution in [0.1, 0.15) is 36.9 Å². The minimum Gasteiger partial charge on any atom is -0.331 e. The quantitative estimate of drug-likeness (QED) is 0.360. The Morgan fingerprint density at radius 3 is 2.90 bits per heavy atom. The number of fused-ring (bicyclic) bond motifs is 1. The van der Waals surface area contributed by atoms with Crippen LogP contribution in [-0.2, 0) is 24.4 Å². The number of nitrogens with zero attached hydrogens (tertiary/aromatic N) is 2. The molecule has 2 aromatic heterocycles. The van der Waals surface area contributed by atoms with E-state index in [0.717, 1.165) is 58.3 Å². The molecule has 1 unspecified atom stereocenters. The van der Waals surface area contributed by atoms with Gasteiger partial charge in [0.05, 0.1) is 11.0 Å². The third-order valence-electron chi connectivity index (χ3n) is 6.01. The van der Waals surface area contributed by atoms with E-state index in [9.17, 15) is 4.21 Å². The number of imidazole rings is 1. The number of rotatable bonds is 6. The summed E-state index contributed by atoms with van der Waals surface area (Å²) in [5.74, 6) is 1.32. The van der Waals surface area contributed by atoms with Gasteiger partial charge in [-0.15, -0.1) is 0 Å². The number of para-hydroxylation sites is 2. The Morgan fingerprint density at radius 1 is 1.29 bits per heavy atom. The number of hydrogen-bond acceptors (Lipinski definition) is 6. The third kappa shape index (κ3) is 4.64. The first-order valence-electron chi connectivity index (χ1n) is 10.4.